The van der Waals surface area contributed by atoms with Crippen molar-refractivity contribution in [3.63, 3.8) is 0 Å². The molecule has 2 fully saturated rings. The Morgan fingerprint density at radius 2 is 1.84 bits per heavy atom. The van der Waals surface area contributed by atoms with Crippen molar-refractivity contribution < 1.29 is 22.7 Å². The Labute approximate surface area is 183 Å². The molecule has 0 atom stereocenters. The van der Waals surface area contributed by atoms with E-state index in [1.165, 1.54) is 48.8 Å². The Hall–Kier alpha value is -2.13. The fraction of sp³-hybridized carbons (Fsp3) is 0.545. The second kappa shape index (κ2) is 9.16. The summed E-state index contributed by atoms with van der Waals surface area (Å²) < 4.78 is 41.5. The number of carbonyl (C=O) groups is 1. The third-order valence-electron chi connectivity index (χ3n) is 5.96. The molecule has 31 heavy (non-hydrogen) atoms. The Kier molecular flexibility index (Phi) is 6.52. The van der Waals surface area contributed by atoms with Gasteiger partial charge in [-0.05, 0) is 57.8 Å². The van der Waals surface area contributed by atoms with Crippen LogP contribution in [0.25, 0.3) is 10.6 Å². The van der Waals surface area contributed by atoms with E-state index in [0.717, 1.165) is 39.0 Å². The van der Waals surface area contributed by atoms with Gasteiger partial charge in [0.05, 0.1) is 5.69 Å². The molecule has 1 amide bonds. The highest BCUT2D eigenvalue weighted by Crippen LogP contribution is 2.33. The standard InChI is InChI=1S/C22H26F3N3O2S/c1-15-19(21(29)28-12-8-17(9-13-28)27-10-3-2-4-11-27)31-20(26-15)16-6-5-7-18(14-16)30-22(23,24)25/h5-7,14,17H,2-4,8-13H2,1H3. The molecule has 0 saturated carbocycles. The maximum atomic E-state index is 13.1. The van der Waals surface area contributed by atoms with Crippen molar-refractivity contribution in [3.8, 4) is 16.3 Å². The van der Waals surface area contributed by atoms with Crippen LogP contribution in [0.15, 0.2) is 24.3 Å². The third-order valence-corrected chi connectivity index (χ3v) is 7.16. The van der Waals surface area contributed by atoms with E-state index in [1.54, 1.807) is 13.0 Å². The number of aryl methyl sites for hydroxylation is 1. The van der Waals surface area contributed by atoms with Gasteiger partial charge in [-0.3, -0.25) is 4.79 Å². The Bertz CT molecular complexity index is 917. The zero-order valence-electron chi connectivity index (χ0n) is 17.5. The van der Waals surface area contributed by atoms with Gasteiger partial charge in [0.25, 0.3) is 5.91 Å². The monoisotopic (exact) mass is 453 g/mol. The van der Waals surface area contributed by atoms with Gasteiger partial charge in [0.2, 0.25) is 0 Å². The summed E-state index contributed by atoms with van der Waals surface area (Å²) in [4.78, 5) is 22.6. The highest BCUT2D eigenvalue weighted by Gasteiger charge is 2.32. The van der Waals surface area contributed by atoms with Crippen molar-refractivity contribution in [2.24, 2.45) is 0 Å². The van der Waals surface area contributed by atoms with E-state index >= 15 is 0 Å². The van der Waals surface area contributed by atoms with Crippen molar-refractivity contribution in [1.29, 1.82) is 0 Å². The predicted molar refractivity (Wildman–Crippen MR) is 113 cm³/mol. The molecule has 2 aliphatic rings. The van der Waals surface area contributed by atoms with Crippen molar-refractivity contribution in [2.75, 3.05) is 26.2 Å². The lowest BCUT2D eigenvalue weighted by atomic mass is 10.00. The van der Waals surface area contributed by atoms with Gasteiger partial charge in [0.15, 0.2) is 0 Å². The van der Waals surface area contributed by atoms with Crippen molar-refractivity contribution in [1.82, 2.24) is 14.8 Å². The van der Waals surface area contributed by atoms with Crippen molar-refractivity contribution in [2.45, 2.75) is 51.4 Å². The molecular weight excluding hydrogens is 427 g/mol. The number of carbonyl (C=O) groups excluding carboxylic acids is 1. The molecule has 0 spiro atoms. The Morgan fingerprint density at radius 3 is 2.52 bits per heavy atom. The number of nitrogens with zero attached hydrogens (tertiary/aromatic N) is 3. The largest absolute Gasteiger partial charge is 0.573 e. The number of ether oxygens (including phenoxy) is 1. The summed E-state index contributed by atoms with van der Waals surface area (Å²) in [5, 5.41) is 0.511. The number of likely N-dealkylation sites (tertiary alicyclic amines) is 2. The molecule has 0 aliphatic carbocycles. The van der Waals surface area contributed by atoms with Gasteiger partial charge in [-0.25, -0.2) is 4.98 Å². The van der Waals surface area contributed by atoms with E-state index in [9.17, 15) is 18.0 Å². The first-order chi connectivity index (χ1) is 14.8. The highest BCUT2D eigenvalue weighted by molar-refractivity contribution is 7.17. The second-order valence-corrected chi connectivity index (χ2v) is 9.13. The summed E-state index contributed by atoms with van der Waals surface area (Å²) in [5.74, 6) is -0.341. The van der Waals surface area contributed by atoms with Crippen molar-refractivity contribution >= 4 is 17.2 Å². The van der Waals surface area contributed by atoms with E-state index in [0.29, 0.717) is 27.2 Å². The number of amides is 1. The molecule has 4 rings (SSSR count). The molecule has 2 saturated heterocycles. The number of hydrogen-bond donors (Lipinski definition) is 0. The minimum absolute atomic E-state index is 0.0407. The van der Waals surface area contributed by atoms with Gasteiger partial charge >= 0.3 is 6.36 Å². The number of thiazole rings is 1. The quantitative estimate of drug-likeness (QED) is 0.646. The molecular formula is C22H26F3N3O2S. The molecule has 0 bridgehead atoms. The number of alkyl halides is 3. The van der Waals surface area contributed by atoms with E-state index in [4.69, 9.17) is 0 Å². The van der Waals surface area contributed by atoms with Gasteiger partial charge < -0.3 is 14.5 Å². The lowest BCUT2D eigenvalue weighted by molar-refractivity contribution is -0.274. The van der Waals surface area contributed by atoms with E-state index in [2.05, 4.69) is 14.6 Å². The smallest absolute Gasteiger partial charge is 0.406 e. The average Bonchev–Trinajstić information content (AvgIpc) is 3.15. The van der Waals surface area contributed by atoms with Crippen LogP contribution < -0.4 is 4.74 Å². The van der Waals surface area contributed by atoms with E-state index < -0.39 is 6.36 Å². The number of rotatable bonds is 4. The average molecular weight is 454 g/mol. The number of aromatic nitrogens is 1. The number of hydrogen-bond acceptors (Lipinski definition) is 5. The van der Waals surface area contributed by atoms with Crippen LogP contribution in [0.4, 0.5) is 13.2 Å². The molecule has 2 aliphatic heterocycles. The summed E-state index contributed by atoms with van der Waals surface area (Å²) in [6.45, 7) is 5.53. The van der Waals surface area contributed by atoms with Gasteiger partial charge in [-0.2, -0.15) is 0 Å². The molecule has 5 nitrogen and oxygen atoms in total. The first-order valence-electron chi connectivity index (χ1n) is 10.7. The number of benzene rings is 1. The van der Waals surface area contributed by atoms with E-state index in [-0.39, 0.29) is 11.7 Å². The molecule has 1 aromatic heterocycles. The maximum Gasteiger partial charge on any atom is 0.573 e. The first kappa shape index (κ1) is 22.1. The summed E-state index contributed by atoms with van der Waals surface area (Å²) in [6.07, 6.45) is 1.04. The van der Waals surface area contributed by atoms with Crippen LogP contribution >= 0.6 is 11.3 Å². The summed E-state index contributed by atoms with van der Waals surface area (Å²) in [6, 6.07) is 6.25. The zero-order valence-corrected chi connectivity index (χ0v) is 18.3. The fourth-order valence-corrected chi connectivity index (χ4v) is 5.44. The normalized spacial score (nSPS) is 18.9. The number of halogens is 3. The van der Waals surface area contributed by atoms with Gasteiger partial charge in [-0.1, -0.05) is 18.6 Å². The van der Waals surface area contributed by atoms with Crippen LogP contribution in [0.3, 0.4) is 0 Å². The topological polar surface area (TPSA) is 45.7 Å². The Balaban J connectivity index is 1.43. The molecule has 0 radical (unpaired) electrons. The summed E-state index contributed by atoms with van der Waals surface area (Å²) >= 11 is 1.22. The van der Waals surface area contributed by atoms with E-state index in [1.807, 2.05) is 4.90 Å². The SMILES string of the molecule is Cc1nc(-c2cccc(OC(F)(F)F)c2)sc1C(=O)N1CCC(N2CCCCC2)CC1. The first-order valence-corrected chi connectivity index (χ1v) is 11.5. The molecule has 168 valence electrons. The molecule has 0 unspecified atom stereocenters. The lowest BCUT2D eigenvalue weighted by Crippen LogP contribution is -2.48. The fourth-order valence-electron chi connectivity index (χ4n) is 4.41. The summed E-state index contributed by atoms with van der Waals surface area (Å²) in [5.41, 5.74) is 1.10. The molecule has 0 N–H and O–H groups in total. The molecule has 9 heteroatoms. The van der Waals surface area contributed by atoms with Crippen LogP contribution in [0.5, 0.6) is 5.75 Å². The second-order valence-electron chi connectivity index (χ2n) is 8.13. The maximum absolute atomic E-state index is 13.1. The predicted octanol–water partition coefficient (Wildman–Crippen LogP) is 5.11. The van der Waals surface area contributed by atoms with Crippen LogP contribution in [-0.4, -0.2) is 59.3 Å². The minimum atomic E-state index is -4.75. The van der Waals surface area contributed by atoms with Crippen molar-refractivity contribution in [3.05, 3.63) is 34.8 Å². The lowest BCUT2D eigenvalue weighted by Gasteiger charge is -2.40. The highest BCUT2D eigenvalue weighted by atomic mass is 32.1. The van der Waals surface area contributed by atoms with Gasteiger partial charge in [-0.15, -0.1) is 24.5 Å². The van der Waals surface area contributed by atoms with Crippen LogP contribution in [0, 0.1) is 6.92 Å². The third kappa shape index (κ3) is 5.38. The van der Waals surface area contributed by atoms with Crippen LogP contribution in [0.2, 0.25) is 0 Å². The minimum Gasteiger partial charge on any atom is -0.406 e. The molecule has 2 aromatic rings. The summed E-state index contributed by atoms with van der Waals surface area (Å²) in [7, 11) is 0. The Morgan fingerprint density at radius 1 is 1.13 bits per heavy atom. The number of piperidine rings is 2. The van der Waals surface area contributed by atoms with Gasteiger partial charge in [0.1, 0.15) is 15.6 Å². The van der Waals surface area contributed by atoms with Crippen LogP contribution in [-0.2, 0) is 0 Å². The zero-order chi connectivity index (χ0) is 22.0. The molecule has 1 aromatic carbocycles. The van der Waals surface area contributed by atoms with Gasteiger partial charge in [0, 0.05) is 24.7 Å². The molecule has 3 heterocycles. The van der Waals surface area contributed by atoms with Crippen LogP contribution in [0.1, 0.15) is 47.5 Å².